The molecule has 1 N–H and O–H groups in total. The van der Waals surface area contributed by atoms with Crippen molar-refractivity contribution in [3.63, 3.8) is 0 Å². The fraction of sp³-hybridized carbons (Fsp3) is 0.185. The molecule has 0 bridgehead atoms. The Bertz CT molecular complexity index is 1770. The van der Waals surface area contributed by atoms with Crippen molar-refractivity contribution in [3.8, 4) is 21.5 Å². The molecule has 3 heterocycles. The van der Waals surface area contributed by atoms with Gasteiger partial charge in [-0.05, 0) is 36.5 Å². The Morgan fingerprint density at radius 3 is 2.69 bits per heavy atom. The van der Waals surface area contributed by atoms with E-state index in [2.05, 4.69) is 22.0 Å². The number of thiazole rings is 1. The Balaban J connectivity index is 1.38. The zero-order chi connectivity index (χ0) is 27.7. The van der Waals surface area contributed by atoms with E-state index in [0.29, 0.717) is 43.7 Å². The predicted molar refractivity (Wildman–Crippen MR) is 148 cm³/mol. The molecular weight excluding hydrogens is 541 g/mol. The first-order valence-electron chi connectivity index (χ1n) is 11.7. The van der Waals surface area contributed by atoms with Crippen LogP contribution in [0.4, 0.5) is 4.39 Å². The summed E-state index contributed by atoms with van der Waals surface area (Å²) in [5, 5.41) is 8.66. The third-order valence-electron chi connectivity index (χ3n) is 5.82. The molecule has 12 heteroatoms. The molecule has 0 radical (unpaired) electrons. The summed E-state index contributed by atoms with van der Waals surface area (Å²) in [6.45, 7) is 6.09. The quantitative estimate of drug-likeness (QED) is 0.273. The van der Waals surface area contributed by atoms with Gasteiger partial charge in [-0.15, -0.1) is 16.4 Å². The van der Waals surface area contributed by atoms with Crippen molar-refractivity contribution < 1.29 is 23.1 Å². The molecule has 5 aromatic rings. The van der Waals surface area contributed by atoms with Crippen LogP contribution in [0.1, 0.15) is 26.7 Å². The van der Waals surface area contributed by atoms with Gasteiger partial charge in [0.25, 0.3) is 11.1 Å². The van der Waals surface area contributed by atoms with Crippen LogP contribution in [-0.2, 0) is 13.7 Å². The van der Waals surface area contributed by atoms with E-state index in [1.54, 1.807) is 37.0 Å². The van der Waals surface area contributed by atoms with Crippen molar-refractivity contribution in [2.45, 2.75) is 13.5 Å². The van der Waals surface area contributed by atoms with E-state index in [9.17, 15) is 9.18 Å². The molecule has 39 heavy (non-hydrogen) atoms. The Labute approximate surface area is 230 Å². The summed E-state index contributed by atoms with van der Waals surface area (Å²) >= 11 is 2.78. The van der Waals surface area contributed by atoms with E-state index in [1.165, 1.54) is 41.9 Å². The first kappa shape index (κ1) is 26.3. The minimum Gasteiger partial charge on any atom is -0.486 e. The number of carbonyl (C=O) groups is 1. The largest absolute Gasteiger partial charge is 0.486 e. The van der Waals surface area contributed by atoms with Gasteiger partial charge in [0.2, 0.25) is 4.80 Å². The predicted octanol–water partition coefficient (Wildman–Crippen LogP) is 5.32. The SMILES string of the molecule is C=C(N=c1sc(OC)nn1C)c1cc2c(OCc3nc(-c4ccc(C(=O)NC)cc4)sc3C)cc(F)cc2o1. The summed E-state index contributed by atoms with van der Waals surface area (Å²) in [7, 11) is 4.87. The third-order valence-corrected chi connectivity index (χ3v) is 7.84. The monoisotopic (exact) mass is 565 g/mol. The lowest BCUT2D eigenvalue weighted by molar-refractivity contribution is 0.0963. The second-order valence-electron chi connectivity index (χ2n) is 8.43. The maximum atomic E-state index is 14.4. The summed E-state index contributed by atoms with van der Waals surface area (Å²) < 4.78 is 33.1. The van der Waals surface area contributed by atoms with E-state index < -0.39 is 5.82 Å². The summed E-state index contributed by atoms with van der Waals surface area (Å²) in [5.41, 5.74) is 2.86. The molecule has 5 rings (SSSR count). The van der Waals surface area contributed by atoms with Crippen LogP contribution >= 0.6 is 22.7 Å². The van der Waals surface area contributed by atoms with E-state index in [0.717, 1.165) is 21.1 Å². The number of aryl methyl sites for hydroxylation is 2. The number of carbonyl (C=O) groups excluding carboxylic acids is 1. The van der Waals surface area contributed by atoms with Gasteiger partial charge >= 0.3 is 0 Å². The van der Waals surface area contributed by atoms with Crippen molar-refractivity contribution in [2.75, 3.05) is 14.2 Å². The fourth-order valence-electron chi connectivity index (χ4n) is 3.75. The average Bonchev–Trinajstić information content (AvgIpc) is 3.63. The number of ether oxygens (including phenoxy) is 2. The third kappa shape index (κ3) is 5.47. The second-order valence-corrected chi connectivity index (χ2v) is 10.6. The number of nitrogens with zero attached hydrogens (tertiary/aromatic N) is 4. The van der Waals surface area contributed by atoms with Crippen molar-refractivity contribution in [3.05, 3.63) is 81.6 Å². The van der Waals surface area contributed by atoms with Crippen LogP contribution in [0.2, 0.25) is 0 Å². The molecule has 0 aliphatic heterocycles. The summed E-state index contributed by atoms with van der Waals surface area (Å²) in [4.78, 5) is 22.6. The van der Waals surface area contributed by atoms with E-state index >= 15 is 0 Å². The summed E-state index contributed by atoms with van der Waals surface area (Å²) in [6, 6.07) is 11.6. The van der Waals surface area contributed by atoms with Gasteiger partial charge in [-0.3, -0.25) is 4.79 Å². The van der Waals surface area contributed by atoms with Crippen LogP contribution in [0.15, 0.2) is 58.5 Å². The van der Waals surface area contributed by atoms with Crippen LogP contribution in [0.3, 0.4) is 0 Å². The zero-order valence-electron chi connectivity index (χ0n) is 21.6. The standard InChI is InChI=1S/C27H24FN5O4S2/c1-14(30-26-33(4)32-27(35-5)39-26)21-12-19-22(10-18(28)11-23(19)37-21)36-13-20-15(2)38-25(31-20)17-8-6-16(7-9-17)24(34)29-3/h6-12H,1,13H2,2-5H3,(H,29,34). The minimum atomic E-state index is -0.494. The summed E-state index contributed by atoms with van der Waals surface area (Å²) in [5.74, 6) is 0.0538. The summed E-state index contributed by atoms with van der Waals surface area (Å²) in [6.07, 6.45) is 0. The number of hydrogen-bond donors (Lipinski definition) is 1. The Hall–Kier alpha value is -4.29. The molecule has 1 amide bonds. The van der Waals surface area contributed by atoms with Crippen molar-refractivity contribution >= 4 is 45.2 Å². The molecule has 0 fully saturated rings. The van der Waals surface area contributed by atoms with Gasteiger partial charge in [0.1, 0.15) is 34.5 Å². The Morgan fingerprint density at radius 2 is 2.00 bits per heavy atom. The highest BCUT2D eigenvalue weighted by Gasteiger charge is 2.16. The number of nitrogens with one attached hydrogen (secondary N) is 1. The van der Waals surface area contributed by atoms with Crippen LogP contribution in [-0.4, -0.2) is 34.8 Å². The van der Waals surface area contributed by atoms with Crippen molar-refractivity contribution in [2.24, 2.45) is 12.0 Å². The molecule has 0 atom stereocenters. The number of amides is 1. The number of halogens is 1. The van der Waals surface area contributed by atoms with Gasteiger partial charge in [0, 0.05) is 42.2 Å². The first-order chi connectivity index (χ1) is 18.7. The van der Waals surface area contributed by atoms with Gasteiger partial charge in [0.05, 0.1) is 18.2 Å². The molecule has 200 valence electrons. The number of furan rings is 1. The number of methoxy groups -OCH3 is 1. The lowest BCUT2D eigenvalue weighted by Crippen LogP contribution is -2.17. The van der Waals surface area contributed by atoms with Crippen molar-refractivity contribution in [1.29, 1.82) is 0 Å². The minimum absolute atomic E-state index is 0.138. The van der Waals surface area contributed by atoms with Gasteiger partial charge in [-0.1, -0.05) is 18.7 Å². The Kier molecular flexibility index (Phi) is 7.31. The molecule has 3 aromatic heterocycles. The highest BCUT2D eigenvalue weighted by molar-refractivity contribution is 7.15. The van der Waals surface area contributed by atoms with Gasteiger partial charge < -0.3 is 19.2 Å². The number of rotatable bonds is 8. The topological polar surface area (TPSA) is 104 Å². The molecule has 0 saturated carbocycles. The zero-order valence-corrected chi connectivity index (χ0v) is 23.2. The lowest BCUT2D eigenvalue weighted by Gasteiger charge is -2.06. The van der Waals surface area contributed by atoms with Crippen LogP contribution < -0.4 is 19.6 Å². The maximum absolute atomic E-state index is 14.4. The number of aromatic nitrogens is 3. The number of hydrogen-bond acceptors (Lipinski definition) is 9. The molecule has 0 aliphatic rings. The molecule has 0 spiro atoms. The normalized spacial score (nSPS) is 11.7. The van der Waals surface area contributed by atoms with Gasteiger partial charge in [-0.2, -0.15) is 0 Å². The highest BCUT2D eigenvalue weighted by atomic mass is 32.1. The average molecular weight is 566 g/mol. The van der Waals surface area contributed by atoms with Gasteiger partial charge in [-0.25, -0.2) is 19.0 Å². The smallest absolute Gasteiger partial charge is 0.293 e. The molecule has 2 aromatic carbocycles. The van der Waals surface area contributed by atoms with Gasteiger partial charge in [0.15, 0.2) is 5.76 Å². The molecule has 9 nitrogen and oxygen atoms in total. The van der Waals surface area contributed by atoms with Crippen molar-refractivity contribution in [1.82, 2.24) is 20.1 Å². The van der Waals surface area contributed by atoms with E-state index in [1.807, 2.05) is 19.1 Å². The van der Waals surface area contributed by atoms with Crippen LogP contribution in [0.25, 0.3) is 27.2 Å². The van der Waals surface area contributed by atoms with Crippen LogP contribution in [0, 0.1) is 12.7 Å². The fourth-order valence-corrected chi connectivity index (χ4v) is 5.41. The first-order valence-corrected chi connectivity index (χ1v) is 13.4. The van der Waals surface area contributed by atoms with E-state index in [-0.39, 0.29) is 12.5 Å². The molecule has 0 unspecified atom stereocenters. The molecule has 0 saturated heterocycles. The highest BCUT2D eigenvalue weighted by Crippen LogP contribution is 2.34. The molecule has 0 aliphatic carbocycles. The lowest BCUT2D eigenvalue weighted by atomic mass is 10.1. The number of fused-ring (bicyclic) bond motifs is 1. The second kappa shape index (κ2) is 10.8. The number of benzene rings is 2. The maximum Gasteiger partial charge on any atom is 0.293 e. The van der Waals surface area contributed by atoms with Crippen LogP contribution in [0.5, 0.6) is 10.9 Å². The molecular formula is C27H24FN5O4S2. The Morgan fingerprint density at radius 1 is 1.23 bits per heavy atom. The van der Waals surface area contributed by atoms with E-state index in [4.69, 9.17) is 18.9 Å².